The first kappa shape index (κ1) is 24.7. The average molecular weight is 563 g/mol. The third kappa shape index (κ3) is 3.74. The van der Waals surface area contributed by atoms with E-state index in [9.17, 15) is 0 Å². The molecule has 1 unspecified atom stereocenters. The fourth-order valence-corrected chi connectivity index (χ4v) is 6.99. The summed E-state index contributed by atoms with van der Waals surface area (Å²) < 4.78 is 2.32. The van der Waals surface area contributed by atoms with E-state index >= 15 is 0 Å². The number of rotatable bonds is 4. The van der Waals surface area contributed by atoms with Gasteiger partial charge in [-0.15, -0.1) is 0 Å². The van der Waals surface area contributed by atoms with Crippen molar-refractivity contribution in [2.75, 3.05) is 0 Å². The predicted octanol–water partition coefficient (Wildman–Crippen LogP) is 9.46. The molecule has 1 aliphatic carbocycles. The molecule has 5 aromatic carbocycles. The van der Waals surface area contributed by atoms with Crippen molar-refractivity contribution in [1.29, 1.82) is 0 Å². The molecule has 0 amide bonds. The van der Waals surface area contributed by atoms with Crippen LogP contribution in [0.5, 0.6) is 0 Å². The molecule has 4 nitrogen and oxygen atoms in total. The zero-order chi connectivity index (χ0) is 29.0. The van der Waals surface area contributed by atoms with Gasteiger partial charge in [0.1, 0.15) is 12.1 Å². The number of nitrogens with zero attached hydrogens (tertiary/aromatic N) is 4. The second kappa shape index (κ2) is 9.85. The molecule has 0 aliphatic heterocycles. The van der Waals surface area contributed by atoms with Crippen LogP contribution in [0, 0.1) is 0 Å². The minimum atomic E-state index is 0.00252. The summed E-state index contributed by atoms with van der Waals surface area (Å²) in [6, 6.07) is 49.6. The Morgan fingerprint density at radius 3 is 1.98 bits per heavy atom. The number of pyridine rings is 1. The second-order valence-electron chi connectivity index (χ2n) is 11.3. The Kier molecular flexibility index (Phi) is 5.53. The van der Waals surface area contributed by atoms with Crippen LogP contribution in [-0.4, -0.2) is 19.5 Å². The lowest BCUT2D eigenvalue weighted by Crippen LogP contribution is -2.05. The van der Waals surface area contributed by atoms with Crippen LogP contribution in [0.25, 0.3) is 61.3 Å². The summed E-state index contributed by atoms with van der Waals surface area (Å²) in [6.07, 6.45) is 3.45. The van der Waals surface area contributed by atoms with Gasteiger partial charge >= 0.3 is 0 Å². The Morgan fingerprint density at radius 1 is 0.568 bits per heavy atom. The van der Waals surface area contributed by atoms with Gasteiger partial charge < -0.3 is 0 Å². The molecule has 206 valence electrons. The summed E-state index contributed by atoms with van der Waals surface area (Å²) in [5, 5.41) is 2.43. The van der Waals surface area contributed by atoms with Crippen LogP contribution >= 0.6 is 0 Å². The first-order valence-corrected chi connectivity index (χ1v) is 14.9. The number of fused-ring (bicyclic) bond motifs is 7. The van der Waals surface area contributed by atoms with Gasteiger partial charge in [0.05, 0.1) is 22.4 Å². The molecule has 1 atom stereocenters. The number of hydrogen-bond acceptors (Lipinski definition) is 3. The average Bonchev–Trinajstić information content (AvgIpc) is 3.62. The Hall–Kier alpha value is -5.87. The highest BCUT2D eigenvalue weighted by atomic mass is 15.1. The molecule has 1 aliphatic rings. The van der Waals surface area contributed by atoms with E-state index in [1.54, 1.807) is 6.33 Å². The zero-order valence-corrected chi connectivity index (χ0v) is 23.8. The van der Waals surface area contributed by atoms with E-state index in [1.807, 2.05) is 12.3 Å². The molecule has 44 heavy (non-hydrogen) atoms. The van der Waals surface area contributed by atoms with Crippen LogP contribution in [0.4, 0.5) is 0 Å². The van der Waals surface area contributed by atoms with E-state index < -0.39 is 0 Å². The van der Waals surface area contributed by atoms with Gasteiger partial charge in [-0.2, -0.15) is 0 Å². The molecule has 3 aromatic heterocycles. The van der Waals surface area contributed by atoms with E-state index in [-0.39, 0.29) is 5.92 Å². The van der Waals surface area contributed by atoms with Crippen LogP contribution in [0.3, 0.4) is 0 Å². The molecule has 0 spiro atoms. The fraction of sp³-hybridized carbons (Fsp3) is 0.0250. The summed E-state index contributed by atoms with van der Waals surface area (Å²) in [5.41, 5.74) is 12.8. The van der Waals surface area contributed by atoms with Gasteiger partial charge in [-0.1, -0.05) is 115 Å². The SMILES string of the molecule is c1ccc(-c2cc(C3c4ccccc4-c4ccc5c6ccccc6n(-c6ccncn6)c5c43)cc(-c3ccccc3)n2)cc1. The normalized spacial score (nSPS) is 13.7. The van der Waals surface area contributed by atoms with Crippen molar-refractivity contribution in [3.63, 3.8) is 0 Å². The summed E-state index contributed by atoms with van der Waals surface area (Å²) in [7, 11) is 0. The highest BCUT2D eigenvalue weighted by Crippen LogP contribution is 2.52. The van der Waals surface area contributed by atoms with E-state index in [0.29, 0.717) is 0 Å². The van der Waals surface area contributed by atoms with Crippen LogP contribution < -0.4 is 0 Å². The van der Waals surface area contributed by atoms with Crippen molar-refractivity contribution in [1.82, 2.24) is 19.5 Å². The second-order valence-corrected chi connectivity index (χ2v) is 11.3. The van der Waals surface area contributed by atoms with Crippen LogP contribution in [-0.2, 0) is 0 Å². The molecule has 0 fully saturated rings. The third-order valence-corrected chi connectivity index (χ3v) is 8.84. The smallest absolute Gasteiger partial charge is 0.140 e. The maximum Gasteiger partial charge on any atom is 0.140 e. The number of aromatic nitrogens is 4. The first-order chi connectivity index (χ1) is 21.8. The van der Waals surface area contributed by atoms with Gasteiger partial charge in [-0.3, -0.25) is 4.57 Å². The Balaban J connectivity index is 1.40. The molecule has 0 bridgehead atoms. The van der Waals surface area contributed by atoms with Gasteiger partial charge in [0.25, 0.3) is 0 Å². The maximum absolute atomic E-state index is 5.20. The van der Waals surface area contributed by atoms with Gasteiger partial charge in [0.15, 0.2) is 0 Å². The van der Waals surface area contributed by atoms with Crippen LogP contribution in [0.1, 0.15) is 22.6 Å². The monoisotopic (exact) mass is 562 g/mol. The highest BCUT2D eigenvalue weighted by Gasteiger charge is 2.34. The molecular weight excluding hydrogens is 536 g/mol. The molecule has 0 radical (unpaired) electrons. The minimum Gasteiger partial charge on any atom is -0.293 e. The lowest BCUT2D eigenvalue weighted by atomic mass is 9.87. The van der Waals surface area contributed by atoms with Crippen molar-refractivity contribution in [3.05, 3.63) is 169 Å². The van der Waals surface area contributed by atoms with Gasteiger partial charge in [-0.25, -0.2) is 15.0 Å². The molecular formula is C40H26N4. The maximum atomic E-state index is 5.20. The van der Waals surface area contributed by atoms with Crippen LogP contribution in [0.15, 0.2) is 152 Å². The molecule has 0 saturated heterocycles. The molecule has 9 rings (SSSR count). The Morgan fingerprint density at radius 2 is 1.25 bits per heavy atom. The lowest BCUT2D eigenvalue weighted by Gasteiger charge is -2.19. The summed E-state index contributed by atoms with van der Waals surface area (Å²) >= 11 is 0. The molecule has 0 saturated carbocycles. The molecule has 3 heterocycles. The number of para-hydroxylation sites is 1. The van der Waals surface area contributed by atoms with Crippen molar-refractivity contribution in [2.45, 2.75) is 5.92 Å². The highest BCUT2D eigenvalue weighted by molar-refractivity contribution is 6.13. The summed E-state index contributed by atoms with van der Waals surface area (Å²) in [5.74, 6) is 0.863. The van der Waals surface area contributed by atoms with Crippen molar-refractivity contribution >= 4 is 21.8 Å². The Bertz CT molecular complexity index is 2270. The standard InChI is InChI=1S/C40H26N4/c1-3-11-26(12-4-1)34-23-28(24-35(43-34)27-13-5-2-6-14-27)38-31-17-8-7-15-29(31)32-19-20-33-30-16-9-10-18-36(30)44(40(33)39(32)38)37-21-22-41-25-42-37/h1-25,38H. The quantitative estimate of drug-likeness (QED) is 0.215. The zero-order valence-electron chi connectivity index (χ0n) is 23.8. The first-order valence-electron chi connectivity index (χ1n) is 14.9. The van der Waals surface area contributed by atoms with Gasteiger partial charge in [-0.05, 0) is 52.1 Å². The van der Waals surface area contributed by atoms with Crippen molar-refractivity contribution < 1.29 is 0 Å². The molecule has 4 heteroatoms. The topological polar surface area (TPSA) is 43.6 Å². The van der Waals surface area contributed by atoms with E-state index in [1.165, 1.54) is 44.1 Å². The van der Waals surface area contributed by atoms with Crippen LogP contribution in [0.2, 0.25) is 0 Å². The molecule has 8 aromatic rings. The van der Waals surface area contributed by atoms with Crippen molar-refractivity contribution in [2.24, 2.45) is 0 Å². The Labute approximate surface area is 255 Å². The largest absolute Gasteiger partial charge is 0.293 e. The third-order valence-electron chi connectivity index (χ3n) is 8.84. The lowest BCUT2D eigenvalue weighted by molar-refractivity contribution is 0.989. The number of benzene rings is 5. The fourth-order valence-electron chi connectivity index (χ4n) is 6.99. The van der Waals surface area contributed by atoms with E-state index in [2.05, 4.69) is 143 Å². The van der Waals surface area contributed by atoms with Gasteiger partial charge in [0.2, 0.25) is 0 Å². The minimum absolute atomic E-state index is 0.00252. The van der Waals surface area contributed by atoms with E-state index in [0.717, 1.165) is 33.8 Å². The van der Waals surface area contributed by atoms with Crippen molar-refractivity contribution in [3.8, 4) is 39.5 Å². The van der Waals surface area contributed by atoms with Gasteiger partial charge in [0, 0.05) is 34.0 Å². The summed E-state index contributed by atoms with van der Waals surface area (Å²) in [6.45, 7) is 0. The molecule has 0 N–H and O–H groups in total. The van der Waals surface area contributed by atoms with E-state index in [4.69, 9.17) is 9.97 Å². The predicted molar refractivity (Wildman–Crippen MR) is 178 cm³/mol. The number of hydrogen-bond donors (Lipinski definition) is 0. The summed E-state index contributed by atoms with van der Waals surface area (Å²) in [4.78, 5) is 14.2.